The maximum atomic E-state index is 12.5. The molecule has 4 rings (SSSR count). The van der Waals surface area contributed by atoms with Gasteiger partial charge in [0, 0.05) is 36.6 Å². The van der Waals surface area contributed by atoms with E-state index in [2.05, 4.69) is 55.8 Å². The van der Waals surface area contributed by atoms with Crippen LogP contribution in [0.5, 0.6) is 11.5 Å². The van der Waals surface area contributed by atoms with E-state index < -0.39 is 5.60 Å². The molecule has 1 unspecified atom stereocenters. The first kappa shape index (κ1) is 44.3. The minimum atomic E-state index is -0.531. The Kier molecular flexibility index (Phi) is 17.4. The number of hydrogen-bond donors (Lipinski definition) is 0. The Labute approximate surface area is 333 Å². The maximum Gasteiger partial charge on any atom is 2.00 e. The van der Waals surface area contributed by atoms with Crippen molar-refractivity contribution in [3.05, 3.63) is 83.7 Å². The molecular weight excluding hydrogens is 883 g/mol. The van der Waals surface area contributed by atoms with Crippen LogP contribution in [0.4, 0.5) is 10.5 Å². The van der Waals surface area contributed by atoms with E-state index in [1.54, 1.807) is 29.8 Å². The van der Waals surface area contributed by atoms with E-state index in [-0.39, 0.29) is 43.8 Å². The molecule has 0 saturated carbocycles. The van der Waals surface area contributed by atoms with Crippen LogP contribution in [0.15, 0.2) is 70.7 Å². The van der Waals surface area contributed by atoms with Crippen molar-refractivity contribution in [2.45, 2.75) is 86.7 Å². The summed E-state index contributed by atoms with van der Waals surface area (Å²) in [5.74, 6) is 2.39. The van der Waals surface area contributed by atoms with Gasteiger partial charge in [-0.1, -0.05) is 49.6 Å². The number of benzene rings is 1. The Balaban J connectivity index is 0.000000360. The molecule has 12 heteroatoms. The van der Waals surface area contributed by atoms with Crippen molar-refractivity contribution < 1.29 is 54.9 Å². The van der Waals surface area contributed by atoms with Crippen LogP contribution in [-0.4, -0.2) is 77.3 Å². The smallest absolute Gasteiger partial charge is 0.496 e. The predicted octanol–water partition coefficient (Wildman–Crippen LogP) is 8.38. The van der Waals surface area contributed by atoms with Crippen molar-refractivity contribution in [3.8, 4) is 11.5 Å². The first-order valence-electron chi connectivity index (χ1n) is 17.4. The number of nitrogens with zero attached hydrogens (tertiary/aromatic N) is 6. The predicted molar refractivity (Wildman–Crippen MR) is 205 cm³/mol. The van der Waals surface area contributed by atoms with E-state index >= 15 is 0 Å². The summed E-state index contributed by atoms with van der Waals surface area (Å²) in [7, 11) is 3.31. The van der Waals surface area contributed by atoms with E-state index in [1.165, 1.54) is 10.5 Å². The van der Waals surface area contributed by atoms with Crippen LogP contribution in [0.1, 0.15) is 92.2 Å². The monoisotopic (exact) mass is 936 g/mol. The number of anilines is 1. The molecule has 0 radical (unpaired) electrons. The summed E-state index contributed by atoms with van der Waals surface area (Å²) < 4.78 is 18.6. The zero-order chi connectivity index (χ0) is 37.9. The van der Waals surface area contributed by atoms with Crippen molar-refractivity contribution in [3.63, 3.8) is 0 Å². The van der Waals surface area contributed by atoms with Crippen molar-refractivity contribution in [2.24, 2.45) is 4.99 Å². The number of methoxy groups -OCH3 is 1. The van der Waals surface area contributed by atoms with E-state index in [1.807, 2.05) is 77.7 Å². The molecule has 0 bridgehead atoms. The van der Waals surface area contributed by atoms with E-state index in [0.29, 0.717) is 36.3 Å². The first-order valence-corrected chi connectivity index (χ1v) is 17.4. The average molecular weight is 937 g/mol. The quantitative estimate of drug-likeness (QED) is 0.0661. The standard InChI is InChI=1S/C22H27N5O.C18H27NO4.U/c1-7-16(4)19(20-14-25-27-12-10-11-24-22(20)27)13-17(5)18(8-2)21(23-6)26(9-3)15-28;1-7-12(2)13-10-16-14(11-15(13)21-6)19(8-9-22-16)17(20)23-18(3,4)5;/h8,10-14H,3,7,9H2,1-2,4-6H3;10-12H,7-9H2,1-6H3;/q-2;;+2/b17-13-,18-8+,19-16?,23-21?;;. The number of carbonyl (C=O) groups excluding carboxylic acids is 2. The summed E-state index contributed by atoms with van der Waals surface area (Å²) in [6.07, 6.45) is 13.0. The Morgan fingerprint density at radius 3 is 2.52 bits per heavy atom. The van der Waals surface area contributed by atoms with Crippen LogP contribution in [-0.2, 0) is 9.53 Å². The number of rotatable bonds is 10. The number of carbonyl (C=O) groups is 1. The average Bonchev–Trinajstić information content (AvgIpc) is 3.55. The minimum Gasteiger partial charge on any atom is -0.496 e. The van der Waals surface area contributed by atoms with E-state index in [0.717, 1.165) is 52.1 Å². The van der Waals surface area contributed by atoms with Crippen molar-refractivity contribution in [1.82, 2.24) is 19.5 Å². The van der Waals surface area contributed by atoms with Gasteiger partial charge in [-0.2, -0.15) is 5.10 Å². The number of aromatic nitrogens is 3. The topological polar surface area (TPSA) is 111 Å². The molecule has 0 fully saturated rings. The number of allylic oxidation sites excluding steroid dienone is 4. The fourth-order valence-electron chi connectivity index (χ4n) is 5.59. The molecule has 0 N–H and O–H groups in total. The first-order chi connectivity index (χ1) is 24.3. The number of amidine groups is 1. The van der Waals surface area contributed by atoms with Gasteiger partial charge in [-0.05, 0) is 83.8 Å². The van der Waals surface area contributed by atoms with Crippen LogP contribution < -0.4 is 14.4 Å². The van der Waals surface area contributed by atoms with Crippen LogP contribution in [0.2, 0.25) is 0 Å². The molecule has 1 aliphatic heterocycles. The Hall–Kier alpha value is -3.88. The van der Waals surface area contributed by atoms with Crippen LogP contribution in [0, 0.1) is 38.0 Å². The van der Waals surface area contributed by atoms with Crippen molar-refractivity contribution in [1.29, 1.82) is 0 Å². The second kappa shape index (κ2) is 20.4. The summed E-state index contributed by atoms with van der Waals surface area (Å²) in [5, 5.41) is 4.42. The number of hydrogen-bond acceptors (Lipinski definition) is 8. The second-order valence-electron chi connectivity index (χ2n) is 13.2. The van der Waals surface area contributed by atoms with E-state index in [4.69, 9.17) is 14.2 Å². The maximum absolute atomic E-state index is 12.5. The van der Waals surface area contributed by atoms with Crippen molar-refractivity contribution >= 4 is 35.2 Å². The fourth-order valence-corrected chi connectivity index (χ4v) is 5.59. The molecule has 3 heterocycles. The van der Waals surface area contributed by atoms with Gasteiger partial charge in [0.2, 0.25) is 0 Å². The number of fused-ring (bicyclic) bond motifs is 2. The molecule has 1 aromatic carbocycles. The molecule has 0 saturated heterocycles. The third-order valence-electron chi connectivity index (χ3n) is 8.61. The van der Waals surface area contributed by atoms with Gasteiger partial charge in [-0.3, -0.25) is 4.90 Å². The third kappa shape index (κ3) is 10.8. The third-order valence-corrected chi connectivity index (χ3v) is 8.61. The number of aliphatic imine (C=N–C) groups is 1. The van der Waals surface area contributed by atoms with Crippen molar-refractivity contribution in [2.75, 3.05) is 38.8 Å². The molecule has 3 aromatic rings. The van der Waals surface area contributed by atoms with Gasteiger partial charge in [-0.15, -0.1) is 6.54 Å². The minimum absolute atomic E-state index is 0. The molecule has 0 aliphatic carbocycles. The van der Waals surface area contributed by atoms with Gasteiger partial charge in [0.15, 0.2) is 5.65 Å². The molecule has 52 heavy (non-hydrogen) atoms. The normalized spacial score (nSPS) is 14.5. The Morgan fingerprint density at radius 1 is 1.25 bits per heavy atom. The number of amides is 2. The van der Waals surface area contributed by atoms with Crippen LogP contribution in [0.3, 0.4) is 0 Å². The molecule has 2 aromatic heterocycles. The summed E-state index contributed by atoms with van der Waals surface area (Å²) in [5.41, 5.74) is 7.18. The summed E-state index contributed by atoms with van der Waals surface area (Å²) in [4.78, 5) is 35.5. The second-order valence-corrected chi connectivity index (χ2v) is 13.2. The van der Waals surface area contributed by atoms with E-state index in [9.17, 15) is 9.59 Å². The molecule has 0 spiro atoms. The zero-order valence-corrected chi connectivity index (χ0v) is 36.8. The van der Waals surface area contributed by atoms with Gasteiger partial charge in [0.05, 0.1) is 31.9 Å². The summed E-state index contributed by atoms with van der Waals surface area (Å²) in [6, 6.07) is 5.71. The molecule has 1 atom stereocenters. The Bertz CT molecular complexity index is 1800. The molecule has 11 nitrogen and oxygen atoms in total. The van der Waals surface area contributed by atoms with Gasteiger partial charge in [0.25, 0.3) is 0 Å². The molecule has 278 valence electrons. The van der Waals surface area contributed by atoms with Gasteiger partial charge >= 0.3 is 37.2 Å². The largest absolute Gasteiger partial charge is 2.00 e. The SMILES string of the molecule is CCC(C)c1cc2c(cc1OC)N(C(=O)OC(C)(C)C)CCO2.[CH2-]CN([C-]=O)C(=NC)C(=C/C)/C(C)=C\C(=C(C)CC)c1cnn2cccnc12.[U+2]. The zero-order valence-electron chi connectivity index (χ0n) is 32.7. The van der Waals surface area contributed by atoms with Crippen LogP contribution >= 0.6 is 0 Å². The molecule has 1 aliphatic rings. The molecular formula is C40H54N6O5U. The van der Waals surface area contributed by atoms with Gasteiger partial charge in [0.1, 0.15) is 23.7 Å². The fraction of sp³-hybridized carbons (Fsp3) is 0.450. The van der Waals surface area contributed by atoms with Gasteiger partial charge < -0.3 is 35.8 Å². The summed E-state index contributed by atoms with van der Waals surface area (Å²) >= 11 is 0. The Morgan fingerprint density at radius 2 is 1.96 bits per heavy atom. The summed E-state index contributed by atoms with van der Waals surface area (Å²) in [6.45, 7) is 23.0. The van der Waals surface area contributed by atoms with Gasteiger partial charge in [-0.25, -0.2) is 14.3 Å². The number of ether oxygens (including phenoxy) is 3. The van der Waals surface area contributed by atoms with Crippen LogP contribution in [0.25, 0.3) is 11.2 Å². The molecule has 2 amide bonds.